The van der Waals surface area contributed by atoms with E-state index >= 15 is 0 Å². The Kier molecular flexibility index (Phi) is 4.80. The highest BCUT2D eigenvalue weighted by molar-refractivity contribution is 5.93. The predicted molar refractivity (Wildman–Crippen MR) is 86.1 cm³/mol. The van der Waals surface area contributed by atoms with Gasteiger partial charge in [-0.2, -0.15) is 0 Å². The first-order valence-corrected chi connectivity index (χ1v) is 7.87. The summed E-state index contributed by atoms with van der Waals surface area (Å²) in [5.41, 5.74) is 0.592. The predicted octanol–water partition coefficient (Wildman–Crippen LogP) is 3.42. The van der Waals surface area contributed by atoms with Crippen LogP contribution in [-0.4, -0.2) is 21.9 Å². The summed E-state index contributed by atoms with van der Waals surface area (Å²) in [4.78, 5) is 20.3. The number of aromatic nitrogens is 2. The van der Waals surface area contributed by atoms with Gasteiger partial charge in [0.2, 0.25) is 0 Å². The second-order valence-electron chi connectivity index (χ2n) is 5.70. The first kappa shape index (κ1) is 15.4. The number of carbonyl (C=O) groups excluding carboxylic acids is 1. The van der Waals surface area contributed by atoms with Crippen molar-refractivity contribution in [2.45, 2.75) is 38.1 Å². The maximum atomic E-state index is 13.7. The molecule has 0 aliphatic heterocycles. The standard InChI is InChI=1S/C17H19FN4O/c18-13-8-4-5-9-14(13)22-16-10-15(19-11-20-16)17(23)21-12-6-2-1-3-7-12/h4-5,8-12H,1-3,6-7H2,(H,21,23)(H,19,20,22). The fraction of sp³-hybridized carbons (Fsp3) is 0.353. The molecule has 2 aromatic rings. The molecule has 1 aliphatic rings. The Labute approximate surface area is 134 Å². The van der Waals surface area contributed by atoms with Crippen LogP contribution in [0.25, 0.3) is 0 Å². The van der Waals surface area contributed by atoms with Gasteiger partial charge in [-0.05, 0) is 25.0 Å². The number of anilines is 2. The zero-order chi connectivity index (χ0) is 16.1. The lowest BCUT2D eigenvalue weighted by molar-refractivity contribution is 0.0922. The number of carbonyl (C=O) groups is 1. The lowest BCUT2D eigenvalue weighted by Crippen LogP contribution is -2.36. The Bertz CT molecular complexity index is 686. The molecule has 0 spiro atoms. The van der Waals surface area contributed by atoms with Gasteiger partial charge in [-0.15, -0.1) is 0 Å². The third-order valence-corrected chi connectivity index (χ3v) is 3.98. The lowest BCUT2D eigenvalue weighted by atomic mass is 9.95. The zero-order valence-electron chi connectivity index (χ0n) is 12.8. The van der Waals surface area contributed by atoms with Crippen LogP contribution < -0.4 is 10.6 Å². The van der Waals surface area contributed by atoms with Crippen LogP contribution in [0.2, 0.25) is 0 Å². The minimum absolute atomic E-state index is 0.212. The van der Waals surface area contributed by atoms with Crippen molar-refractivity contribution < 1.29 is 9.18 Å². The van der Waals surface area contributed by atoms with E-state index in [0.29, 0.717) is 11.5 Å². The van der Waals surface area contributed by atoms with Gasteiger partial charge in [0.05, 0.1) is 5.69 Å². The van der Waals surface area contributed by atoms with Crippen LogP contribution in [0.5, 0.6) is 0 Å². The number of halogens is 1. The number of rotatable bonds is 4. The molecule has 0 unspecified atom stereocenters. The molecular formula is C17H19FN4O. The summed E-state index contributed by atoms with van der Waals surface area (Å²) in [6, 6.07) is 8.06. The third kappa shape index (κ3) is 4.03. The summed E-state index contributed by atoms with van der Waals surface area (Å²) in [7, 11) is 0. The first-order valence-electron chi connectivity index (χ1n) is 7.87. The molecule has 0 saturated heterocycles. The van der Waals surface area contributed by atoms with Gasteiger partial charge in [0.15, 0.2) is 0 Å². The maximum absolute atomic E-state index is 13.7. The summed E-state index contributed by atoms with van der Waals surface area (Å²) < 4.78 is 13.7. The van der Waals surface area contributed by atoms with Gasteiger partial charge in [0.1, 0.15) is 23.7 Å². The van der Waals surface area contributed by atoms with Crippen LogP contribution in [0.15, 0.2) is 36.7 Å². The van der Waals surface area contributed by atoms with E-state index in [1.165, 1.54) is 24.9 Å². The second-order valence-corrected chi connectivity index (χ2v) is 5.70. The normalized spacial score (nSPS) is 15.2. The van der Waals surface area contributed by atoms with Gasteiger partial charge in [0.25, 0.3) is 5.91 Å². The molecule has 3 rings (SSSR count). The molecule has 1 saturated carbocycles. The second kappa shape index (κ2) is 7.17. The molecule has 1 heterocycles. The summed E-state index contributed by atoms with van der Waals surface area (Å²) in [6.45, 7) is 0. The Morgan fingerprint density at radius 3 is 2.70 bits per heavy atom. The van der Waals surface area contributed by atoms with Crippen molar-refractivity contribution in [2.75, 3.05) is 5.32 Å². The van der Waals surface area contributed by atoms with Crippen LogP contribution in [0.4, 0.5) is 15.9 Å². The average Bonchev–Trinajstić information content (AvgIpc) is 2.58. The van der Waals surface area contributed by atoms with E-state index < -0.39 is 0 Å². The highest BCUT2D eigenvalue weighted by Gasteiger charge is 2.17. The lowest BCUT2D eigenvalue weighted by Gasteiger charge is -2.22. The first-order chi connectivity index (χ1) is 11.2. The molecule has 1 aromatic carbocycles. The van der Waals surface area contributed by atoms with Gasteiger partial charge in [-0.3, -0.25) is 4.79 Å². The number of nitrogens with one attached hydrogen (secondary N) is 2. The van der Waals surface area contributed by atoms with E-state index in [0.717, 1.165) is 25.7 Å². The molecule has 120 valence electrons. The molecule has 1 fully saturated rings. The fourth-order valence-corrected chi connectivity index (χ4v) is 2.76. The van der Waals surface area contributed by atoms with E-state index in [4.69, 9.17) is 0 Å². The Hall–Kier alpha value is -2.50. The van der Waals surface area contributed by atoms with Crippen LogP contribution in [0.1, 0.15) is 42.6 Å². The molecule has 6 heteroatoms. The SMILES string of the molecule is O=C(NC1CCCCC1)c1cc(Nc2ccccc2F)ncn1. The van der Waals surface area contributed by atoms with Gasteiger partial charge in [-0.25, -0.2) is 14.4 Å². The Balaban J connectivity index is 1.69. The summed E-state index contributed by atoms with van der Waals surface area (Å²) in [6.07, 6.45) is 6.85. The number of hydrogen-bond acceptors (Lipinski definition) is 4. The number of amides is 1. The highest BCUT2D eigenvalue weighted by Crippen LogP contribution is 2.19. The Morgan fingerprint density at radius 1 is 1.13 bits per heavy atom. The van der Waals surface area contributed by atoms with Crippen LogP contribution in [-0.2, 0) is 0 Å². The van der Waals surface area contributed by atoms with E-state index in [9.17, 15) is 9.18 Å². The van der Waals surface area contributed by atoms with Crippen molar-refractivity contribution in [3.8, 4) is 0 Å². The van der Waals surface area contributed by atoms with Gasteiger partial charge < -0.3 is 10.6 Å². The van der Waals surface area contributed by atoms with Gasteiger partial charge in [0, 0.05) is 12.1 Å². The zero-order valence-corrected chi connectivity index (χ0v) is 12.8. The monoisotopic (exact) mass is 314 g/mol. The van der Waals surface area contributed by atoms with E-state index in [1.54, 1.807) is 18.2 Å². The van der Waals surface area contributed by atoms with Gasteiger partial charge >= 0.3 is 0 Å². The smallest absolute Gasteiger partial charge is 0.270 e. The molecule has 23 heavy (non-hydrogen) atoms. The largest absolute Gasteiger partial charge is 0.348 e. The molecule has 1 amide bonds. The Morgan fingerprint density at radius 2 is 1.91 bits per heavy atom. The molecule has 1 aromatic heterocycles. The molecule has 2 N–H and O–H groups in total. The highest BCUT2D eigenvalue weighted by atomic mass is 19.1. The number of nitrogens with zero attached hydrogens (tertiary/aromatic N) is 2. The van der Waals surface area contributed by atoms with Crippen molar-refractivity contribution in [3.63, 3.8) is 0 Å². The topological polar surface area (TPSA) is 66.9 Å². The summed E-state index contributed by atoms with van der Waals surface area (Å²) in [5, 5.41) is 5.87. The van der Waals surface area contributed by atoms with Crippen LogP contribution in [0, 0.1) is 5.82 Å². The average molecular weight is 314 g/mol. The third-order valence-electron chi connectivity index (χ3n) is 3.98. The van der Waals surface area contributed by atoms with Gasteiger partial charge in [-0.1, -0.05) is 31.4 Å². The minimum atomic E-state index is -0.376. The fourth-order valence-electron chi connectivity index (χ4n) is 2.76. The molecule has 0 atom stereocenters. The van der Waals surface area contributed by atoms with E-state index in [-0.39, 0.29) is 23.5 Å². The maximum Gasteiger partial charge on any atom is 0.270 e. The van der Waals surface area contributed by atoms with Crippen LogP contribution >= 0.6 is 0 Å². The summed E-state index contributed by atoms with van der Waals surface area (Å²) >= 11 is 0. The quantitative estimate of drug-likeness (QED) is 0.907. The number of para-hydroxylation sites is 1. The van der Waals surface area contributed by atoms with Crippen LogP contribution in [0.3, 0.4) is 0 Å². The van der Waals surface area contributed by atoms with Crippen molar-refractivity contribution in [2.24, 2.45) is 0 Å². The molecule has 1 aliphatic carbocycles. The molecule has 5 nitrogen and oxygen atoms in total. The van der Waals surface area contributed by atoms with E-state index in [2.05, 4.69) is 20.6 Å². The molecule has 0 radical (unpaired) electrons. The number of benzene rings is 1. The summed E-state index contributed by atoms with van der Waals surface area (Å²) in [5.74, 6) is -0.200. The molecule has 0 bridgehead atoms. The van der Waals surface area contributed by atoms with E-state index in [1.807, 2.05) is 0 Å². The van der Waals surface area contributed by atoms with Crippen molar-refractivity contribution in [3.05, 3.63) is 48.2 Å². The van der Waals surface area contributed by atoms with Crippen molar-refractivity contribution >= 4 is 17.4 Å². The minimum Gasteiger partial charge on any atom is -0.348 e. The van der Waals surface area contributed by atoms with Crippen molar-refractivity contribution in [1.29, 1.82) is 0 Å². The molecular weight excluding hydrogens is 295 g/mol. The number of hydrogen-bond donors (Lipinski definition) is 2. The van der Waals surface area contributed by atoms with Crippen molar-refractivity contribution in [1.82, 2.24) is 15.3 Å².